The highest BCUT2D eigenvalue weighted by Crippen LogP contribution is 2.25. The Kier molecular flexibility index (Phi) is 2.89. The van der Waals surface area contributed by atoms with Crippen LogP contribution in [0.5, 0.6) is 0 Å². The molecule has 0 aliphatic rings. The van der Waals surface area contributed by atoms with Crippen LogP contribution in [-0.4, -0.2) is 9.55 Å². The van der Waals surface area contributed by atoms with Crippen LogP contribution >= 0.6 is 0 Å². The van der Waals surface area contributed by atoms with Crippen molar-refractivity contribution >= 4 is 16.7 Å². The second kappa shape index (κ2) is 4.59. The van der Waals surface area contributed by atoms with E-state index in [4.69, 9.17) is 5.73 Å². The van der Waals surface area contributed by atoms with E-state index in [1.165, 1.54) is 6.07 Å². The van der Waals surface area contributed by atoms with Crippen LogP contribution in [0.2, 0.25) is 0 Å². The van der Waals surface area contributed by atoms with E-state index in [1.54, 1.807) is 22.8 Å². The summed E-state index contributed by atoms with van der Waals surface area (Å²) in [4.78, 5) is 4.43. The van der Waals surface area contributed by atoms with Crippen LogP contribution in [0.25, 0.3) is 16.7 Å². The third kappa shape index (κ3) is 1.91. The minimum atomic E-state index is -0.489. The molecule has 0 aliphatic carbocycles. The number of nitrogens with zero attached hydrogens (tertiary/aromatic N) is 2. The number of nitrogens with two attached hydrogens (primary N) is 1. The second-order valence-corrected chi connectivity index (χ2v) is 4.56. The molecule has 0 spiro atoms. The Morgan fingerprint density at radius 1 is 1.15 bits per heavy atom. The van der Waals surface area contributed by atoms with E-state index < -0.39 is 11.6 Å². The summed E-state index contributed by atoms with van der Waals surface area (Å²) in [6.07, 6.45) is 0.602. The molecule has 3 nitrogen and oxygen atoms in total. The van der Waals surface area contributed by atoms with E-state index in [9.17, 15) is 8.78 Å². The molecule has 1 heterocycles. The minimum absolute atomic E-state index is 0.161. The lowest BCUT2D eigenvalue weighted by molar-refractivity contribution is 0.591. The highest BCUT2D eigenvalue weighted by Gasteiger charge is 2.15. The Balaban J connectivity index is 2.37. The van der Waals surface area contributed by atoms with E-state index in [1.807, 2.05) is 6.92 Å². The molecule has 102 valence electrons. The summed E-state index contributed by atoms with van der Waals surface area (Å²) in [7, 11) is 0. The maximum Gasteiger partial charge on any atom is 0.147 e. The molecule has 3 aromatic rings. The number of nitrogen functional groups attached to an aromatic ring is 1. The smallest absolute Gasteiger partial charge is 0.147 e. The van der Waals surface area contributed by atoms with Crippen LogP contribution in [0.3, 0.4) is 0 Å². The van der Waals surface area contributed by atoms with Gasteiger partial charge < -0.3 is 5.73 Å². The lowest BCUT2D eigenvalue weighted by Gasteiger charge is -2.09. The third-order valence-electron chi connectivity index (χ3n) is 3.21. The lowest BCUT2D eigenvalue weighted by atomic mass is 10.2. The van der Waals surface area contributed by atoms with Crippen LogP contribution in [0.1, 0.15) is 12.7 Å². The number of benzene rings is 2. The molecule has 5 heteroatoms. The van der Waals surface area contributed by atoms with Crippen molar-refractivity contribution in [3.05, 3.63) is 53.9 Å². The van der Waals surface area contributed by atoms with Crippen LogP contribution in [-0.2, 0) is 6.42 Å². The van der Waals surface area contributed by atoms with E-state index in [2.05, 4.69) is 4.98 Å². The topological polar surface area (TPSA) is 43.8 Å². The van der Waals surface area contributed by atoms with Crippen LogP contribution in [0, 0.1) is 11.6 Å². The summed E-state index contributed by atoms with van der Waals surface area (Å²) in [5.74, 6) is -0.312. The number of aryl methyl sites for hydroxylation is 1. The van der Waals surface area contributed by atoms with Gasteiger partial charge in [0, 0.05) is 18.2 Å². The molecule has 0 amide bonds. The van der Waals surface area contributed by atoms with Crippen LogP contribution < -0.4 is 5.73 Å². The van der Waals surface area contributed by atoms with Gasteiger partial charge in [0.25, 0.3) is 0 Å². The Bertz CT molecular complexity index is 793. The number of hydrogen-bond donors (Lipinski definition) is 1. The molecule has 0 saturated carbocycles. The molecule has 0 atom stereocenters. The fourth-order valence-electron chi connectivity index (χ4n) is 2.31. The predicted molar refractivity (Wildman–Crippen MR) is 74.8 cm³/mol. The van der Waals surface area contributed by atoms with Gasteiger partial charge in [0.1, 0.15) is 17.5 Å². The quantitative estimate of drug-likeness (QED) is 0.727. The largest absolute Gasteiger partial charge is 0.399 e. The minimum Gasteiger partial charge on any atom is -0.399 e. The number of anilines is 1. The second-order valence-electron chi connectivity index (χ2n) is 4.56. The summed E-state index contributed by atoms with van der Waals surface area (Å²) in [6.45, 7) is 1.91. The summed E-state index contributed by atoms with van der Waals surface area (Å²) >= 11 is 0. The van der Waals surface area contributed by atoms with Crippen molar-refractivity contribution in [1.82, 2.24) is 9.55 Å². The van der Waals surface area contributed by atoms with E-state index >= 15 is 0 Å². The first-order valence-corrected chi connectivity index (χ1v) is 6.32. The van der Waals surface area contributed by atoms with Crippen LogP contribution in [0.15, 0.2) is 36.4 Å². The molecular weight excluding hydrogens is 260 g/mol. The van der Waals surface area contributed by atoms with Gasteiger partial charge in [0.2, 0.25) is 0 Å². The summed E-state index contributed by atoms with van der Waals surface area (Å²) in [5, 5.41) is 0. The summed E-state index contributed by atoms with van der Waals surface area (Å²) < 4.78 is 29.1. The molecule has 20 heavy (non-hydrogen) atoms. The first-order valence-electron chi connectivity index (χ1n) is 6.32. The van der Waals surface area contributed by atoms with Crippen molar-refractivity contribution in [2.75, 3.05) is 5.73 Å². The number of fused-ring (bicyclic) bond motifs is 1. The molecule has 0 fully saturated rings. The van der Waals surface area contributed by atoms with Crippen molar-refractivity contribution < 1.29 is 8.78 Å². The zero-order valence-corrected chi connectivity index (χ0v) is 10.9. The standard InChI is InChI=1S/C15H13F2N3/c1-2-15-19-12-8-10(18)4-6-13(12)20(15)14-7-9(16)3-5-11(14)17/h3-8H,2,18H2,1H3. The summed E-state index contributed by atoms with van der Waals surface area (Å²) in [5.41, 5.74) is 7.86. The molecule has 0 aliphatic heterocycles. The maximum atomic E-state index is 14.0. The zero-order valence-electron chi connectivity index (χ0n) is 10.9. The molecule has 3 rings (SSSR count). The number of imidazole rings is 1. The van der Waals surface area contributed by atoms with Gasteiger partial charge in [0.15, 0.2) is 0 Å². The number of aromatic nitrogens is 2. The SMILES string of the molecule is CCc1nc2cc(N)ccc2n1-c1cc(F)ccc1F. The Morgan fingerprint density at radius 2 is 1.95 bits per heavy atom. The molecule has 0 radical (unpaired) electrons. The molecule has 0 unspecified atom stereocenters. The normalized spacial score (nSPS) is 11.2. The summed E-state index contributed by atoms with van der Waals surface area (Å²) in [6, 6.07) is 8.60. The number of hydrogen-bond acceptors (Lipinski definition) is 2. The molecule has 1 aromatic heterocycles. The average molecular weight is 273 g/mol. The van der Waals surface area contributed by atoms with Gasteiger partial charge in [-0.3, -0.25) is 4.57 Å². The van der Waals surface area contributed by atoms with Gasteiger partial charge >= 0.3 is 0 Å². The van der Waals surface area contributed by atoms with Gasteiger partial charge in [-0.25, -0.2) is 13.8 Å². The van der Waals surface area contributed by atoms with Crippen molar-refractivity contribution in [3.63, 3.8) is 0 Å². The van der Waals surface area contributed by atoms with Crippen molar-refractivity contribution in [2.45, 2.75) is 13.3 Å². The molecule has 2 aromatic carbocycles. The van der Waals surface area contributed by atoms with E-state index in [0.717, 1.165) is 12.1 Å². The van der Waals surface area contributed by atoms with Crippen molar-refractivity contribution in [2.24, 2.45) is 0 Å². The van der Waals surface area contributed by atoms with Crippen LogP contribution in [0.4, 0.5) is 14.5 Å². The number of rotatable bonds is 2. The van der Waals surface area contributed by atoms with Gasteiger partial charge in [-0.1, -0.05) is 6.92 Å². The Hall–Kier alpha value is -2.43. The monoisotopic (exact) mass is 273 g/mol. The zero-order chi connectivity index (χ0) is 14.3. The first kappa shape index (κ1) is 12.6. The van der Waals surface area contributed by atoms with E-state index in [-0.39, 0.29) is 5.69 Å². The third-order valence-corrected chi connectivity index (χ3v) is 3.21. The van der Waals surface area contributed by atoms with E-state index in [0.29, 0.717) is 29.0 Å². The maximum absolute atomic E-state index is 14.0. The van der Waals surface area contributed by atoms with Crippen molar-refractivity contribution in [1.29, 1.82) is 0 Å². The van der Waals surface area contributed by atoms with Crippen molar-refractivity contribution in [3.8, 4) is 5.69 Å². The molecular formula is C15H13F2N3. The molecule has 0 bridgehead atoms. The number of halogens is 2. The van der Waals surface area contributed by atoms with Gasteiger partial charge in [0.05, 0.1) is 16.7 Å². The fraction of sp³-hybridized carbons (Fsp3) is 0.133. The highest BCUT2D eigenvalue weighted by molar-refractivity contribution is 5.81. The lowest BCUT2D eigenvalue weighted by Crippen LogP contribution is -2.03. The van der Waals surface area contributed by atoms with Gasteiger partial charge in [-0.2, -0.15) is 0 Å². The fourth-order valence-corrected chi connectivity index (χ4v) is 2.31. The highest BCUT2D eigenvalue weighted by atomic mass is 19.1. The Morgan fingerprint density at radius 3 is 2.70 bits per heavy atom. The van der Waals surface area contributed by atoms with Gasteiger partial charge in [-0.05, 0) is 30.3 Å². The average Bonchev–Trinajstić information content (AvgIpc) is 2.78. The molecule has 0 saturated heterocycles. The van der Waals surface area contributed by atoms with Gasteiger partial charge in [-0.15, -0.1) is 0 Å². The Labute approximate surface area is 114 Å². The first-order chi connectivity index (χ1) is 9.60. The predicted octanol–water partition coefficient (Wildman–Crippen LogP) is 3.45. The molecule has 2 N–H and O–H groups in total.